The van der Waals surface area contributed by atoms with Crippen LogP contribution in [-0.4, -0.2) is 0 Å². The molecule has 1 heteroatoms. The van der Waals surface area contributed by atoms with Crippen molar-refractivity contribution in [3.8, 4) is 33.4 Å². The number of fused-ring (bicyclic) bond motifs is 7. The normalized spacial score (nSPS) is 17.4. The molecule has 57 heavy (non-hydrogen) atoms. The van der Waals surface area contributed by atoms with Crippen LogP contribution < -0.4 is 4.90 Å². The van der Waals surface area contributed by atoms with E-state index < -0.39 is 0 Å². The Labute approximate surface area is 335 Å². The van der Waals surface area contributed by atoms with E-state index in [2.05, 4.69) is 231 Å². The van der Waals surface area contributed by atoms with Crippen molar-refractivity contribution >= 4 is 27.8 Å². The van der Waals surface area contributed by atoms with Crippen molar-refractivity contribution in [2.45, 2.75) is 24.7 Å². The number of rotatable bonds is 6. The van der Waals surface area contributed by atoms with Crippen molar-refractivity contribution in [1.82, 2.24) is 0 Å². The summed E-state index contributed by atoms with van der Waals surface area (Å²) in [6.07, 6.45) is 0. The summed E-state index contributed by atoms with van der Waals surface area (Å²) in [4.78, 5) is 2.51. The van der Waals surface area contributed by atoms with Gasteiger partial charge in [0.1, 0.15) is 0 Å². The van der Waals surface area contributed by atoms with Gasteiger partial charge in [-0.3, -0.25) is 0 Å². The first-order valence-corrected chi connectivity index (χ1v) is 20.0. The third-order valence-corrected chi connectivity index (χ3v) is 13.0. The molecule has 270 valence electrons. The molecular formula is C56H41N. The van der Waals surface area contributed by atoms with Gasteiger partial charge >= 0.3 is 0 Å². The molecule has 2 aliphatic carbocycles. The first kappa shape index (κ1) is 33.4. The molecule has 0 heterocycles. The van der Waals surface area contributed by atoms with Gasteiger partial charge in [0.25, 0.3) is 0 Å². The number of hydrogen-bond donors (Lipinski definition) is 0. The van der Waals surface area contributed by atoms with Crippen molar-refractivity contribution < 1.29 is 0 Å². The Morgan fingerprint density at radius 3 is 1.60 bits per heavy atom. The first-order chi connectivity index (χ1) is 28.0. The van der Waals surface area contributed by atoms with Crippen LogP contribution in [0.3, 0.4) is 0 Å². The van der Waals surface area contributed by atoms with E-state index in [4.69, 9.17) is 0 Å². The lowest BCUT2D eigenvalue weighted by molar-refractivity contribution is 0.713. The molecule has 9 aromatic rings. The highest BCUT2D eigenvalue weighted by Gasteiger charge is 2.44. The van der Waals surface area contributed by atoms with E-state index in [9.17, 15) is 0 Å². The fourth-order valence-electron chi connectivity index (χ4n) is 10.2. The second-order valence-electron chi connectivity index (χ2n) is 15.9. The van der Waals surface area contributed by atoms with Gasteiger partial charge in [-0.1, -0.05) is 182 Å². The van der Waals surface area contributed by atoms with Gasteiger partial charge in [0.05, 0.1) is 5.69 Å². The van der Waals surface area contributed by atoms with Gasteiger partial charge in [-0.15, -0.1) is 0 Å². The number of nitrogens with zero attached hydrogens (tertiary/aromatic N) is 1. The number of anilines is 3. The maximum absolute atomic E-state index is 2.51. The first-order valence-electron chi connectivity index (χ1n) is 20.0. The maximum atomic E-state index is 2.51. The van der Waals surface area contributed by atoms with Crippen LogP contribution in [0.1, 0.15) is 47.2 Å². The molecule has 0 radical (unpaired) electrons. The molecule has 0 bridgehead atoms. The van der Waals surface area contributed by atoms with Gasteiger partial charge in [0, 0.05) is 27.8 Å². The lowest BCUT2D eigenvalue weighted by Gasteiger charge is -2.32. The monoisotopic (exact) mass is 727 g/mol. The van der Waals surface area contributed by atoms with Gasteiger partial charge in [0.15, 0.2) is 0 Å². The second kappa shape index (κ2) is 12.8. The van der Waals surface area contributed by atoms with Crippen molar-refractivity contribution in [3.05, 3.63) is 246 Å². The van der Waals surface area contributed by atoms with Crippen LogP contribution >= 0.6 is 0 Å². The molecule has 2 unspecified atom stereocenters. The van der Waals surface area contributed by atoms with E-state index >= 15 is 0 Å². The van der Waals surface area contributed by atoms with Gasteiger partial charge in [0.2, 0.25) is 0 Å². The Bertz CT molecular complexity index is 2980. The fraction of sp³-hybridized carbons (Fsp3) is 0.0714. The van der Waals surface area contributed by atoms with Crippen LogP contribution in [0.15, 0.2) is 212 Å². The van der Waals surface area contributed by atoms with Gasteiger partial charge in [-0.25, -0.2) is 0 Å². The molecule has 0 saturated heterocycles. The molecule has 0 aliphatic heterocycles. The highest BCUT2D eigenvalue weighted by Crippen LogP contribution is 2.58. The molecule has 0 saturated carbocycles. The van der Waals surface area contributed by atoms with E-state index in [1.54, 1.807) is 0 Å². The molecule has 0 spiro atoms. The molecular weight excluding hydrogens is 687 g/mol. The Morgan fingerprint density at radius 2 is 0.860 bits per heavy atom. The topological polar surface area (TPSA) is 3.24 Å². The molecule has 9 aromatic carbocycles. The van der Waals surface area contributed by atoms with Crippen LogP contribution in [0.4, 0.5) is 17.1 Å². The predicted molar refractivity (Wildman–Crippen MR) is 239 cm³/mol. The number of benzene rings is 9. The summed E-state index contributed by atoms with van der Waals surface area (Å²) >= 11 is 0. The Balaban J connectivity index is 1.15. The van der Waals surface area contributed by atoms with Gasteiger partial charge < -0.3 is 4.90 Å². The van der Waals surface area contributed by atoms with E-state index in [-0.39, 0.29) is 10.8 Å². The molecule has 0 N–H and O–H groups in total. The minimum Gasteiger partial charge on any atom is -0.310 e. The quantitative estimate of drug-likeness (QED) is 0.165. The van der Waals surface area contributed by atoms with Crippen LogP contribution in [0.2, 0.25) is 0 Å². The van der Waals surface area contributed by atoms with Gasteiger partial charge in [-0.2, -0.15) is 0 Å². The SMILES string of the molecule is CC1(c2ccccc2)c2ccccc2-c2ccc(N(c3ccc(-c4cccc5ccccc45)cc3)c3cccc4c3-c3ccccc3C4(C)c3ccccc3)cc21. The molecule has 1 nitrogen and oxygen atoms in total. The molecule has 0 aromatic heterocycles. The standard InChI is InChI=1S/C56H41N/c1-55(40-19-5-3-6-20-40)50-28-14-12-25-48(50)54-51(55)29-16-30-53(54)57(42-33-31-39(32-34-42)45-26-15-18-38-17-9-10-23-44(38)45)43-35-36-47-46-24-11-13-27-49(46)56(2,52(47)37-43)41-21-7-4-8-22-41/h3-37H,1-2H3. The molecule has 2 aliphatic rings. The Hall–Kier alpha value is -6.96. The third-order valence-electron chi connectivity index (χ3n) is 13.0. The lowest BCUT2D eigenvalue weighted by Crippen LogP contribution is -2.23. The highest BCUT2D eigenvalue weighted by atomic mass is 15.1. The zero-order valence-corrected chi connectivity index (χ0v) is 32.2. The van der Waals surface area contributed by atoms with E-state index in [1.165, 1.54) is 83.2 Å². The summed E-state index contributed by atoms with van der Waals surface area (Å²) in [5, 5.41) is 2.52. The smallest absolute Gasteiger partial charge is 0.0543 e. The average Bonchev–Trinajstić information content (AvgIpc) is 3.71. The van der Waals surface area contributed by atoms with Crippen molar-refractivity contribution in [1.29, 1.82) is 0 Å². The van der Waals surface area contributed by atoms with Crippen molar-refractivity contribution in [2.24, 2.45) is 0 Å². The highest BCUT2D eigenvalue weighted by molar-refractivity contribution is 5.99. The van der Waals surface area contributed by atoms with Crippen molar-refractivity contribution in [2.75, 3.05) is 4.90 Å². The summed E-state index contributed by atoms with van der Waals surface area (Å²) in [6.45, 7) is 4.81. The molecule has 2 atom stereocenters. The summed E-state index contributed by atoms with van der Waals surface area (Å²) in [6, 6.07) is 78.6. The Morgan fingerprint density at radius 1 is 0.351 bits per heavy atom. The van der Waals surface area contributed by atoms with E-state index in [1.807, 2.05) is 0 Å². The molecule has 0 amide bonds. The minimum atomic E-state index is -0.315. The van der Waals surface area contributed by atoms with Gasteiger partial charge in [-0.05, 0) is 116 Å². The average molecular weight is 728 g/mol. The largest absolute Gasteiger partial charge is 0.310 e. The molecule has 0 fully saturated rings. The maximum Gasteiger partial charge on any atom is 0.0543 e. The second-order valence-corrected chi connectivity index (χ2v) is 15.9. The number of hydrogen-bond acceptors (Lipinski definition) is 1. The summed E-state index contributed by atoms with van der Waals surface area (Å²) in [7, 11) is 0. The zero-order chi connectivity index (χ0) is 38.1. The lowest BCUT2D eigenvalue weighted by atomic mass is 9.74. The predicted octanol–water partition coefficient (Wildman–Crippen LogP) is 14.6. The van der Waals surface area contributed by atoms with E-state index in [0.29, 0.717) is 0 Å². The van der Waals surface area contributed by atoms with Crippen molar-refractivity contribution in [3.63, 3.8) is 0 Å². The van der Waals surface area contributed by atoms with Crippen LogP contribution in [-0.2, 0) is 10.8 Å². The minimum absolute atomic E-state index is 0.307. The summed E-state index contributed by atoms with van der Waals surface area (Å²) in [5.74, 6) is 0. The van der Waals surface area contributed by atoms with Crippen LogP contribution in [0.5, 0.6) is 0 Å². The van der Waals surface area contributed by atoms with Crippen LogP contribution in [0, 0.1) is 0 Å². The zero-order valence-electron chi connectivity index (χ0n) is 32.2. The third kappa shape index (κ3) is 4.89. The van der Waals surface area contributed by atoms with E-state index in [0.717, 1.165) is 11.4 Å². The summed E-state index contributed by atoms with van der Waals surface area (Å²) < 4.78 is 0. The Kier molecular flexibility index (Phi) is 7.50. The summed E-state index contributed by atoms with van der Waals surface area (Å²) in [5.41, 5.74) is 18.4. The fourth-order valence-corrected chi connectivity index (χ4v) is 10.2. The van der Waals surface area contributed by atoms with Crippen LogP contribution in [0.25, 0.3) is 44.2 Å². The molecule has 11 rings (SSSR count).